The molecule has 1 aromatic rings. The predicted molar refractivity (Wildman–Crippen MR) is 33.7 cm³/mol. The van der Waals surface area contributed by atoms with Crippen LogP contribution < -0.4 is 0 Å². The van der Waals surface area contributed by atoms with Crippen LogP contribution in [0.4, 0.5) is 0 Å². The van der Waals surface area contributed by atoms with Crippen molar-refractivity contribution in [2.24, 2.45) is 0 Å². The Morgan fingerprint density at radius 2 is 2.25 bits per heavy atom. The third-order valence-corrected chi connectivity index (χ3v) is 1.12. The predicted octanol–water partition coefficient (Wildman–Crippen LogP) is 1.87. The lowest BCUT2D eigenvalue weighted by molar-refractivity contribution is 0.600. The van der Waals surface area contributed by atoms with Gasteiger partial charge < -0.3 is 4.57 Å². The van der Waals surface area contributed by atoms with Crippen molar-refractivity contribution in [2.75, 3.05) is 0 Å². The molecule has 1 heteroatoms. The molecular formula is C7H10N. The van der Waals surface area contributed by atoms with E-state index in [1.54, 1.807) is 0 Å². The normalized spacial score (nSPS) is 10.4. The van der Waals surface area contributed by atoms with Gasteiger partial charge in [-0.05, 0) is 26.0 Å². The van der Waals surface area contributed by atoms with Crippen molar-refractivity contribution in [3.05, 3.63) is 24.5 Å². The highest BCUT2D eigenvalue weighted by Gasteiger charge is 1.90. The van der Waals surface area contributed by atoms with E-state index in [-0.39, 0.29) is 0 Å². The molecule has 0 atom stereocenters. The number of aromatic nitrogens is 1. The van der Waals surface area contributed by atoms with Crippen molar-refractivity contribution >= 4 is 0 Å². The van der Waals surface area contributed by atoms with E-state index in [2.05, 4.69) is 20.0 Å². The minimum Gasteiger partial charge on any atom is -0.344 e. The third-order valence-electron chi connectivity index (χ3n) is 1.12. The number of nitrogens with zero attached hydrogens (tertiary/aromatic N) is 1. The molecule has 0 aromatic carbocycles. The van der Waals surface area contributed by atoms with Gasteiger partial charge in [0.25, 0.3) is 0 Å². The fourth-order valence-electron chi connectivity index (χ4n) is 0.629. The van der Waals surface area contributed by atoms with Gasteiger partial charge >= 0.3 is 0 Å². The van der Waals surface area contributed by atoms with Crippen molar-refractivity contribution in [3.63, 3.8) is 0 Å². The quantitative estimate of drug-likeness (QED) is 0.517. The van der Waals surface area contributed by atoms with Gasteiger partial charge in [0.2, 0.25) is 0 Å². The lowest BCUT2D eigenvalue weighted by Crippen LogP contribution is -1.95. The van der Waals surface area contributed by atoms with Crippen LogP contribution >= 0.6 is 0 Å². The largest absolute Gasteiger partial charge is 0.344 e. The first-order valence-corrected chi connectivity index (χ1v) is 2.85. The molecule has 0 N–H and O–H groups in total. The molecule has 1 aromatic heterocycles. The van der Waals surface area contributed by atoms with Gasteiger partial charge in [-0.2, -0.15) is 0 Å². The fourth-order valence-corrected chi connectivity index (χ4v) is 0.629. The standard InChI is InChI=1S/C7H10N/c1-7(2)8-5-3-4-6-8/h3-5,7H,1-2H3. The van der Waals surface area contributed by atoms with Crippen LogP contribution in [0, 0.1) is 6.20 Å². The highest BCUT2D eigenvalue weighted by molar-refractivity contribution is 4.89. The molecule has 1 radical (unpaired) electrons. The molecule has 0 aliphatic carbocycles. The summed E-state index contributed by atoms with van der Waals surface area (Å²) in [5.41, 5.74) is 0. The molecule has 0 spiro atoms. The topological polar surface area (TPSA) is 4.93 Å². The Labute approximate surface area is 49.9 Å². The van der Waals surface area contributed by atoms with E-state index in [0.717, 1.165) is 0 Å². The minimum atomic E-state index is 0.546. The molecule has 0 saturated carbocycles. The Kier molecular flexibility index (Phi) is 1.38. The van der Waals surface area contributed by atoms with Crippen LogP contribution in [0.5, 0.6) is 0 Å². The average Bonchev–Trinajstić information content (AvgIpc) is 2.12. The molecule has 0 bridgehead atoms. The summed E-state index contributed by atoms with van der Waals surface area (Å²) < 4.78 is 2.04. The van der Waals surface area contributed by atoms with Gasteiger partial charge in [0, 0.05) is 12.2 Å². The Hall–Kier alpha value is -0.720. The van der Waals surface area contributed by atoms with Gasteiger partial charge in [0.05, 0.1) is 6.20 Å². The Balaban J connectivity index is 2.77. The minimum absolute atomic E-state index is 0.546. The molecule has 0 fully saturated rings. The van der Waals surface area contributed by atoms with Crippen LogP contribution in [0.3, 0.4) is 0 Å². The Morgan fingerprint density at radius 3 is 2.50 bits per heavy atom. The van der Waals surface area contributed by atoms with Crippen LogP contribution in [-0.4, -0.2) is 4.57 Å². The fraction of sp³-hybridized carbons (Fsp3) is 0.429. The van der Waals surface area contributed by atoms with Crippen molar-refractivity contribution < 1.29 is 0 Å². The third kappa shape index (κ3) is 0.915. The summed E-state index contributed by atoms with van der Waals surface area (Å²) in [6.07, 6.45) is 5.07. The summed E-state index contributed by atoms with van der Waals surface area (Å²) in [7, 11) is 0. The van der Waals surface area contributed by atoms with Crippen LogP contribution in [0.15, 0.2) is 18.3 Å². The average molecular weight is 108 g/mol. The van der Waals surface area contributed by atoms with E-state index in [1.807, 2.05) is 22.9 Å². The molecule has 0 unspecified atom stereocenters. The van der Waals surface area contributed by atoms with E-state index < -0.39 is 0 Å². The molecule has 1 nitrogen and oxygen atoms in total. The van der Waals surface area contributed by atoms with Gasteiger partial charge in [-0.25, -0.2) is 0 Å². The van der Waals surface area contributed by atoms with Crippen LogP contribution in [0.25, 0.3) is 0 Å². The molecule has 1 heterocycles. The maximum Gasteiger partial charge on any atom is 0.0650 e. The lowest BCUT2D eigenvalue weighted by atomic mass is 10.4. The summed E-state index contributed by atoms with van der Waals surface area (Å²) in [6, 6.07) is 4.45. The van der Waals surface area contributed by atoms with E-state index in [0.29, 0.717) is 6.04 Å². The van der Waals surface area contributed by atoms with Gasteiger partial charge in [0.1, 0.15) is 0 Å². The Bertz CT molecular complexity index is 139. The molecular weight excluding hydrogens is 98.1 g/mol. The second kappa shape index (κ2) is 2.03. The second-order valence-corrected chi connectivity index (χ2v) is 2.14. The first-order valence-electron chi connectivity index (χ1n) is 2.85. The van der Waals surface area contributed by atoms with Gasteiger partial charge in [-0.1, -0.05) is 0 Å². The molecule has 1 rings (SSSR count). The van der Waals surface area contributed by atoms with E-state index in [9.17, 15) is 0 Å². The van der Waals surface area contributed by atoms with Crippen molar-refractivity contribution in [2.45, 2.75) is 19.9 Å². The number of hydrogen-bond donors (Lipinski definition) is 0. The maximum absolute atomic E-state index is 3.05. The molecule has 0 saturated heterocycles. The molecule has 8 heavy (non-hydrogen) atoms. The van der Waals surface area contributed by atoms with Crippen molar-refractivity contribution in [1.82, 2.24) is 4.57 Å². The van der Waals surface area contributed by atoms with Crippen LogP contribution in [0.2, 0.25) is 0 Å². The van der Waals surface area contributed by atoms with Crippen LogP contribution in [-0.2, 0) is 0 Å². The van der Waals surface area contributed by atoms with Gasteiger partial charge in [-0.15, -0.1) is 0 Å². The molecule has 0 aliphatic heterocycles. The smallest absolute Gasteiger partial charge is 0.0650 e. The molecule has 0 aliphatic rings. The lowest BCUT2D eigenvalue weighted by Gasteiger charge is -2.03. The molecule has 43 valence electrons. The zero-order valence-electron chi connectivity index (χ0n) is 5.26. The zero-order chi connectivity index (χ0) is 5.98. The summed E-state index contributed by atoms with van der Waals surface area (Å²) in [4.78, 5) is 0. The maximum atomic E-state index is 3.05. The summed E-state index contributed by atoms with van der Waals surface area (Å²) >= 11 is 0. The van der Waals surface area contributed by atoms with Crippen LogP contribution in [0.1, 0.15) is 19.9 Å². The monoisotopic (exact) mass is 108 g/mol. The SMILES string of the molecule is CC(C)n1[c]ccc1. The summed E-state index contributed by atoms with van der Waals surface area (Å²) in [5.74, 6) is 0. The summed E-state index contributed by atoms with van der Waals surface area (Å²) in [6.45, 7) is 4.27. The van der Waals surface area contributed by atoms with E-state index in [1.165, 1.54) is 0 Å². The first kappa shape index (κ1) is 5.42. The number of hydrogen-bond acceptors (Lipinski definition) is 0. The number of rotatable bonds is 1. The van der Waals surface area contributed by atoms with Gasteiger partial charge in [-0.3, -0.25) is 0 Å². The van der Waals surface area contributed by atoms with Gasteiger partial charge in [0.15, 0.2) is 0 Å². The van der Waals surface area contributed by atoms with Crippen molar-refractivity contribution in [3.8, 4) is 0 Å². The molecule has 0 amide bonds. The first-order chi connectivity index (χ1) is 3.80. The highest BCUT2D eigenvalue weighted by Crippen LogP contribution is 2.01. The van der Waals surface area contributed by atoms with E-state index >= 15 is 0 Å². The van der Waals surface area contributed by atoms with E-state index in [4.69, 9.17) is 0 Å². The van der Waals surface area contributed by atoms with Crippen molar-refractivity contribution in [1.29, 1.82) is 0 Å². The summed E-state index contributed by atoms with van der Waals surface area (Å²) in [5, 5.41) is 0. The highest BCUT2D eigenvalue weighted by atomic mass is 15.0. The Morgan fingerprint density at radius 1 is 1.50 bits per heavy atom. The second-order valence-electron chi connectivity index (χ2n) is 2.14. The zero-order valence-corrected chi connectivity index (χ0v) is 5.26.